The number of aromatic amines is 1. The van der Waals surface area contributed by atoms with Crippen LogP contribution in [0.5, 0.6) is 0 Å². The van der Waals surface area contributed by atoms with Gasteiger partial charge in [0.1, 0.15) is 5.82 Å². The minimum Gasteiger partial charge on any atom is -0.348 e. The van der Waals surface area contributed by atoms with Crippen molar-refractivity contribution >= 4 is 5.91 Å². The van der Waals surface area contributed by atoms with Crippen LogP contribution in [0.3, 0.4) is 0 Å². The fourth-order valence-electron chi connectivity index (χ4n) is 1.51. The zero-order valence-electron chi connectivity index (χ0n) is 10.4. The van der Waals surface area contributed by atoms with Crippen LogP contribution in [-0.4, -0.2) is 52.7 Å². The highest BCUT2D eigenvalue weighted by atomic mass is 16.2. The normalized spacial score (nSPS) is 15.2. The summed E-state index contributed by atoms with van der Waals surface area (Å²) >= 11 is 0. The van der Waals surface area contributed by atoms with Gasteiger partial charge in [-0.1, -0.05) is 6.92 Å². The molecule has 0 atom stereocenters. The Morgan fingerprint density at radius 3 is 3.00 bits per heavy atom. The number of carbonyl (C=O) groups excluding carboxylic acids is 1. The average Bonchev–Trinajstić information content (AvgIpc) is 3.06. The summed E-state index contributed by atoms with van der Waals surface area (Å²) in [6.07, 6.45) is 2.30. The Balaban J connectivity index is 1.78. The van der Waals surface area contributed by atoms with Crippen molar-refractivity contribution in [2.45, 2.75) is 25.7 Å². The smallest absolute Gasteiger partial charge is 0.291 e. The Kier molecular flexibility index (Phi) is 3.73. The number of rotatable bonds is 6. The molecule has 1 aliphatic rings. The second-order valence-corrected chi connectivity index (χ2v) is 4.47. The molecule has 0 saturated heterocycles. The number of hydrogen-bond donors (Lipinski definition) is 2. The summed E-state index contributed by atoms with van der Waals surface area (Å²) in [5.74, 6) is 1.40. The first-order valence-corrected chi connectivity index (χ1v) is 6.09. The van der Waals surface area contributed by atoms with Gasteiger partial charge in [-0.25, -0.2) is 4.98 Å². The predicted octanol–water partition coefficient (Wildman–Crippen LogP) is 0.364. The number of nitrogens with zero attached hydrogens (tertiary/aromatic N) is 3. The van der Waals surface area contributed by atoms with Gasteiger partial charge in [0.05, 0.1) is 0 Å². The Morgan fingerprint density at radius 2 is 2.35 bits per heavy atom. The molecule has 1 amide bonds. The van der Waals surface area contributed by atoms with E-state index >= 15 is 0 Å². The zero-order chi connectivity index (χ0) is 12.3. The van der Waals surface area contributed by atoms with Crippen molar-refractivity contribution in [1.29, 1.82) is 0 Å². The van der Waals surface area contributed by atoms with Crippen molar-refractivity contribution in [3.8, 4) is 0 Å². The van der Waals surface area contributed by atoms with E-state index in [0.29, 0.717) is 12.5 Å². The van der Waals surface area contributed by atoms with E-state index in [4.69, 9.17) is 0 Å². The van der Waals surface area contributed by atoms with Gasteiger partial charge >= 0.3 is 0 Å². The van der Waals surface area contributed by atoms with Gasteiger partial charge in [-0.3, -0.25) is 9.89 Å². The maximum Gasteiger partial charge on any atom is 0.291 e. The third-order valence-electron chi connectivity index (χ3n) is 2.99. The molecule has 1 fully saturated rings. The molecule has 0 unspecified atom stereocenters. The molecule has 0 bridgehead atoms. The molecule has 0 radical (unpaired) electrons. The van der Waals surface area contributed by atoms with Crippen LogP contribution in [-0.2, 0) is 0 Å². The first kappa shape index (κ1) is 12.0. The molecule has 0 aliphatic heterocycles. The lowest BCUT2D eigenvalue weighted by atomic mass is 10.4. The SMILES string of the molecule is CCN(C)CCNC(=O)c1n[nH]c(C2CC2)n1. The number of carbonyl (C=O) groups is 1. The summed E-state index contributed by atoms with van der Waals surface area (Å²) in [7, 11) is 2.02. The zero-order valence-corrected chi connectivity index (χ0v) is 10.4. The minimum atomic E-state index is -0.197. The molecule has 2 rings (SSSR count). The number of nitrogens with one attached hydrogen (secondary N) is 2. The minimum absolute atomic E-state index is 0.197. The molecule has 6 nitrogen and oxygen atoms in total. The molecule has 1 aliphatic carbocycles. The third-order valence-corrected chi connectivity index (χ3v) is 2.99. The maximum atomic E-state index is 11.7. The van der Waals surface area contributed by atoms with Gasteiger partial charge in [0, 0.05) is 19.0 Å². The third kappa shape index (κ3) is 3.26. The van der Waals surface area contributed by atoms with Gasteiger partial charge in [-0.2, -0.15) is 0 Å². The molecule has 94 valence electrons. The molecular formula is C11H19N5O. The number of aromatic nitrogens is 3. The second-order valence-electron chi connectivity index (χ2n) is 4.47. The van der Waals surface area contributed by atoms with Crippen molar-refractivity contribution in [3.63, 3.8) is 0 Å². The van der Waals surface area contributed by atoms with Crippen LogP contribution in [0.25, 0.3) is 0 Å². The Labute approximate surface area is 101 Å². The van der Waals surface area contributed by atoms with E-state index in [9.17, 15) is 4.79 Å². The summed E-state index contributed by atoms with van der Waals surface area (Å²) in [5.41, 5.74) is 0. The fourth-order valence-corrected chi connectivity index (χ4v) is 1.51. The lowest BCUT2D eigenvalue weighted by Crippen LogP contribution is -2.33. The van der Waals surface area contributed by atoms with E-state index in [-0.39, 0.29) is 11.7 Å². The fraction of sp³-hybridized carbons (Fsp3) is 0.727. The number of H-pyrrole nitrogens is 1. The number of hydrogen-bond acceptors (Lipinski definition) is 4. The van der Waals surface area contributed by atoms with Crippen LogP contribution < -0.4 is 5.32 Å². The van der Waals surface area contributed by atoms with Crippen molar-refractivity contribution in [2.24, 2.45) is 0 Å². The first-order valence-electron chi connectivity index (χ1n) is 6.09. The van der Waals surface area contributed by atoms with E-state index in [1.54, 1.807) is 0 Å². The average molecular weight is 237 g/mol. The van der Waals surface area contributed by atoms with Gasteiger partial charge < -0.3 is 10.2 Å². The molecular weight excluding hydrogens is 218 g/mol. The topological polar surface area (TPSA) is 73.9 Å². The van der Waals surface area contributed by atoms with Crippen molar-refractivity contribution in [2.75, 3.05) is 26.7 Å². The maximum absolute atomic E-state index is 11.7. The van der Waals surface area contributed by atoms with E-state index < -0.39 is 0 Å². The van der Waals surface area contributed by atoms with Gasteiger partial charge in [0.15, 0.2) is 0 Å². The van der Waals surface area contributed by atoms with Crippen LogP contribution in [0.2, 0.25) is 0 Å². The molecule has 1 heterocycles. The Morgan fingerprint density at radius 1 is 1.59 bits per heavy atom. The molecule has 1 aromatic heterocycles. The lowest BCUT2D eigenvalue weighted by Gasteiger charge is -2.13. The highest BCUT2D eigenvalue weighted by Crippen LogP contribution is 2.37. The summed E-state index contributed by atoms with van der Waals surface area (Å²) in [6.45, 7) is 4.51. The van der Waals surface area contributed by atoms with Crippen LogP contribution in [0.1, 0.15) is 42.1 Å². The quantitative estimate of drug-likeness (QED) is 0.749. The van der Waals surface area contributed by atoms with Crippen molar-refractivity contribution < 1.29 is 4.79 Å². The summed E-state index contributed by atoms with van der Waals surface area (Å²) < 4.78 is 0. The monoisotopic (exact) mass is 237 g/mol. The van der Waals surface area contributed by atoms with Crippen molar-refractivity contribution in [3.05, 3.63) is 11.6 Å². The van der Waals surface area contributed by atoms with Crippen LogP contribution in [0.4, 0.5) is 0 Å². The molecule has 0 spiro atoms. The summed E-state index contributed by atoms with van der Waals surface area (Å²) in [4.78, 5) is 18.0. The molecule has 1 saturated carbocycles. The first-order chi connectivity index (χ1) is 8.20. The van der Waals surface area contributed by atoms with E-state index in [1.165, 1.54) is 0 Å². The van der Waals surface area contributed by atoms with Crippen molar-refractivity contribution in [1.82, 2.24) is 25.4 Å². The molecule has 17 heavy (non-hydrogen) atoms. The van der Waals surface area contributed by atoms with E-state index in [1.807, 2.05) is 7.05 Å². The molecule has 1 aromatic rings. The lowest BCUT2D eigenvalue weighted by molar-refractivity contribution is 0.0940. The molecule has 6 heteroatoms. The van der Waals surface area contributed by atoms with Gasteiger partial charge in [-0.05, 0) is 26.4 Å². The molecule has 2 N–H and O–H groups in total. The summed E-state index contributed by atoms with van der Waals surface area (Å²) in [5, 5.41) is 9.57. The Hall–Kier alpha value is -1.43. The Bertz CT molecular complexity index is 385. The highest BCUT2D eigenvalue weighted by Gasteiger charge is 2.28. The standard InChI is InChI=1S/C11H19N5O/c1-3-16(2)7-6-12-11(17)10-13-9(14-15-10)8-4-5-8/h8H,3-7H2,1-2H3,(H,12,17)(H,13,14,15). The number of amides is 1. The predicted molar refractivity (Wildman–Crippen MR) is 63.9 cm³/mol. The van der Waals surface area contributed by atoms with Gasteiger partial charge in [0.25, 0.3) is 5.91 Å². The van der Waals surface area contributed by atoms with Crippen LogP contribution in [0, 0.1) is 0 Å². The number of likely N-dealkylation sites (N-methyl/N-ethyl adjacent to an activating group) is 1. The van der Waals surface area contributed by atoms with E-state index in [2.05, 4.69) is 32.3 Å². The highest BCUT2D eigenvalue weighted by molar-refractivity contribution is 5.90. The summed E-state index contributed by atoms with van der Waals surface area (Å²) in [6, 6.07) is 0. The van der Waals surface area contributed by atoms with Gasteiger partial charge in [-0.15, -0.1) is 5.10 Å². The second kappa shape index (κ2) is 5.27. The van der Waals surface area contributed by atoms with Gasteiger partial charge in [0.2, 0.25) is 5.82 Å². The van der Waals surface area contributed by atoms with Crippen LogP contribution in [0.15, 0.2) is 0 Å². The molecule has 0 aromatic carbocycles. The largest absolute Gasteiger partial charge is 0.348 e. The van der Waals surface area contributed by atoms with E-state index in [0.717, 1.165) is 31.8 Å². The van der Waals surface area contributed by atoms with Crippen LogP contribution >= 0.6 is 0 Å².